The van der Waals surface area contributed by atoms with Crippen LogP contribution in [0.5, 0.6) is 11.5 Å². The molecule has 0 fully saturated rings. The highest BCUT2D eigenvalue weighted by atomic mass is 32.1. The van der Waals surface area contributed by atoms with Crippen molar-refractivity contribution in [1.29, 1.82) is 0 Å². The van der Waals surface area contributed by atoms with Crippen LogP contribution in [0.3, 0.4) is 0 Å². The molecule has 0 unspecified atom stereocenters. The van der Waals surface area contributed by atoms with Crippen molar-refractivity contribution in [2.24, 2.45) is 4.99 Å². The molecule has 24 heavy (non-hydrogen) atoms. The minimum Gasteiger partial charge on any atom is -0.493 e. The summed E-state index contributed by atoms with van der Waals surface area (Å²) in [4.78, 5) is 6.86. The zero-order chi connectivity index (χ0) is 17.4. The Kier molecular flexibility index (Phi) is 6.93. The van der Waals surface area contributed by atoms with Crippen LogP contribution >= 0.6 is 11.3 Å². The zero-order valence-electron chi connectivity index (χ0n) is 14.7. The van der Waals surface area contributed by atoms with Crippen LogP contribution in [0.4, 0.5) is 0 Å². The van der Waals surface area contributed by atoms with Crippen molar-refractivity contribution in [2.45, 2.75) is 26.9 Å². The van der Waals surface area contributed by atoms with Gasteiger partial charge in [0.1, 0.15) is 0 Å². The Morgan fingerprint density at radius 1 is 1.12 bits per heavy atom. The Hall–Kier alpha value is -2.21. The fourth-order valence-corrected chi connectivity index (χ4v) is 3.08. The van der Waals surface area contributed by atoms with Crippen LogP contribution < -0.4 is 20.1 Å². The van der Waals surface area contributed by atoms with E-state index in [2.05, 4.69) is 34.7 Å². The van der Waals surface area contributed by atoms with Crippen LogP contribution in [0.2, 0.25) is 0 Å². The van der Waals surface area contributed by atoms with Gasteiger partial charge in [0, 0.05) is 23.3 Å². The quantitative estimate of drug-likeness (QED) is 0.596. The van der Waals surface area contributed by atoms with E-state index in [0.29, 0.717) is 13.2 Å². The van der Waals surface area contributed by atoms with Crippen molar-refractivity contribution >= 4 is 17.3 Å². The largest absolute Gasteiger partial charge is 0.493 e. The standard InChI is InChI=1S/C18H25N3O2S/c1-5-23-16-9-7-14(10-17(16)22-4)11-20-18(19-3)21-12-15-8-6-13(2)24-15/h6-10H,5,11-12H2,1-4H3,(H2,19,20,21). The van der Waals surface area contributed by atoms with Gasteiger partial charge in [-0.1, -0.05) is 6.07 Å². The topological polar surface area (TPSA) is 54.9 Å². The van der Waals surface area contributed by atoms with Crippen LogP contribution in [0.1, 0.15) is 22.2 Å². The molecule has 0 aliphatic heterocycles. The monoisotopic (exact) mass is 347 g/mol. The highest BCUT2D eigenvalue weighted by Crippen LogP contribution is 2.27. The van der Waals surface area contributed by atoms with E-state index < -0.39 is 0 Å². The van der Waals surface area contributed by atoms with E-state index in [9.17, 15) is 0 Å². The Labute approximate surface area is 147 Å². The number of nitrogens with one attached hydrogen (secondary N) is 2. The van der Waals surface area contributed by atoms with Gasteiger partial charge in [-0.3, -0.25) is 4.99 Å². The number of hydrogen-bond donors (Lipinski definition) is 2. The van der Waals surface area contributed by atoms with Crippen molar-refractivity contribution in [3.8, 4) is 11.5 Å². The fourth-order valence-electron chi connectivity index (χ4n) is 2.25. The highest BCUT2D eigenvalue weighted by molar-refractivity contribution is 7.11. The third-order valence-corrected chi connectivity index (χ3v) is 4.44. The Balaban J connectivity index is 1.90. The summed E-state index contributed by atoms with van der Waals surface area (Å²) in [5.74, 6) is 2.28. The van der Waals surface area contributed by atoms with Crippen molar-refractivity contribution in [1.82, 2.24) is 10.6 Å². The molecule has 0 amide bonds. The van der Waals surface area contributed by atoms with Crippen molar-refractivity contribution < 1.29 is 9.47 Å². The smallest absolute Gasteiger partial charge is 0.191 e. The number of hydrogen-bond acceptors (Lipinski definition) is 4. The second kappa shape index (κ2) is 9.17. The summed E-state index contributed by atoms with van der Waals surface area (Å²) in [5, 5.41) is 6.64. The van der Waals surface area contributed by atoms with E-state index in [1.165, 1.54) is 9.75 Å². The molecule has 0 radical (unpaired) electrons. The van der Waals surface area contributed by atoms with Gasteiger partial charge >= 0.3 is 0 Å². The number of methoxy groups -OCH3 is 1. The fraction of sp³-hybridized carbons (Fsp3) is 0.389. The number of guanidine groups is 1. The molecule has 0 saturated carbocycles. The lowest BCUT2D eigenvalue weighted by Gasteiger charge is -2.13. The minimum atomic E-state index is 0.618. The number of nitrogens with zero attached hydrogens (tertiary/aromatic N) is 1. The molecule has 1 aromatic carbocycles. The van der Waals surface area contributed by atoms with Crippen LogP contribution in [-0.4, -0.2) is 26.7 Å². The van der Waals surface area contributed by atoms with Crippen LogP contribution in [0.15, 0.2) is 35.3 Å². The van der Waals surface area contributed by atoms with E-state index in [1.807, 2.05) is 25.1 Å². The highest BCUT2D eigenvalue weighted by Gasteiger charge is 2.06. The van der Waals surface area contributed by atoms with Crippen molar-refractivity contribution in [2.75, 3.05) is 20.8 Å². The Bertz CT molecular complexity index is 683. The second-order valence-corrected chi connectivity index (χ2v) is 6.58. The predicted molar refractivity (Wildman–Crippen MR) is 100 cm³/mol. The molecule has 0 atom stereocenters. The normalized spacial score (nSPS) is 11.2. The van der Waals surface area contributed by atoms with Gasteiger partial charge in [0.2, 0.25) is 0 Å². The molecule has 0 spiro atoms. The van der Waals surface area contributed by atoms with Gasteiger partial charge in [0.25, 0.3) is 0 Å². The average molecular weight is 347 g/mol. The van der Waals surface area contributed by atoms with Crippen molar-refractivity contribution in [3.05, 3.63) is 45.6 Å². The minimum absolute atomic E-state index is 0.618. The molecule has 1 heterocycles. The number of thiophene rings is 1. The van der Waals surface area contributed by atoms with Gasteiger partial charge in [-0.2, -0.15) is 0 Å². The molecule has 130 valence electrons. The zero-order valence-corrected chi connectivity index (χ0v) is 15.5. The summed E-state index contributed by atoms with van der Waals surface area (Å²) < 4.78 is 10.9. The van der Waals surface area contributed by atoms with Crippen molar-refractivity contribution in [3.63, 3.8) is 0 Å². The summed E-state index contributed by atoms with van der Waals surface area (Å²) >= 11 is 1.79. The first-order valence-electron chi connectivity index (χ1n) is 7.95. The second-order valence-electron chi connectivity index (χ2n) is 5.21. The van der Waals surface area contributed by atoms with Crippen LogP contribution in [-0.2, 0) is 13.1 Å². The van der Waals surface area contributed by atoms with Gasteiger partial charge in [0.05, 0.1) is 20.3 Å². The molecular weight excluding hydrogens is 322 g/mol. The van der Waals surface area contributed by atoms with Gasteiger partial charge in [-0.25, -0.2) is 0 Å². The molecule has 2 rings (SSSR count). The molecule has 0 aliphatic carbocycles. The first kappa shape index (κ1) is 18.1. The lowest BCUT2D eigenvalue weighted by molar-refractivity contribution is 0.310. The molecule has 6 heteroatoms. The van der Waals surface area contributed by atoms with Gasteiger partial charge in [-0.05, 0) is 43.7 Å². The summed E-state index contributed by atoms with van der Waals surface area (Å²) in [5.41, 5.74) is 1.10. The number of benzene rings is 1. The lowest BCUT2D eigenvalue weighted by Crippen LogP contribution is -2.36. The number of ether oxygens (including phenoxy) is 2. The van der Waals surface area contributed by atoms with E-state index >= 15 is 0 Å². The van der Waals surface area contributed by atoms with E-state index in [0.717, 1.165) is 29.6 Å². The molecule has 5 nitrogen and oxygen atoms in total. The average Bonchev–Trinajstić information content (AvgIpc) is 3.01. The maximum atomic E-state index is 5.54. The molecule has 2 aromatic rings. The Morgan fingerprint density at radius 2 is 1.92 bits per heavy atom. The van der Waals surface area contributed by atoms with E-state index in [4.69, 9.17) is 9.47 Å². The molecule has 2 N–H and O–H groups in total. The first-order valence-corrected chi connectivity index (χ1v) is 8.77. The van der Waals surface area contributed by atoms with Gasteiger partial charge < -0.3 is 20.1 Å². The summed E-state index contributed by atoms with van der Waals surface area (Å²) in [7, 11) is 3.42. The van der Waals surface area contributed by atoms with Gasteiger partial charge in [-0.15, -0.1) is 11.3 Å². The number of aryl methyl sites for hydroxylation is 1. The maximum absolute atomic E-state index is 5.54. The Morgan fingerprint density at radius 3 is 2.54 bits per heavy atom. The number of rotatable bonds is 7. The van der Waals surface area contributed by atoms with E-state index in [-0.39, 0.29) is 0 Å². The molecule has 0 aliphatic rings. The molecule has 0 bridgehead atoms. The molecule has 0 saturated heterocycles. The maximum Gasteiger partial charge on any atom is 0.191 e. The third-order valence-electron chi connectivity index (χ3n) is 3.44. The SMILES string of the molecule is CCOc1ccc(CNC(=NC)NCc2ccc(C)s2)cc1OC. The first-order chi connectivity index (χ1) is 11.7. The summed E-state index contributed by atoms with van der Waals surface area (Å²) in [6, 6.07) is 10.2. The summed E-state index contributed by atoms with van der Waals surface area (Å²) in [6.45, 7) is 6.11. The third kappa shape index (κ3) is 5.16. The molecular formula is C18H25N3O2S. The van der Waals surface area contributed by atoms with Crippen LogP contribution in [0, 0.1) is 6.92 Å². The number of aliphatic imine (C=N–C) groups is 1. The van der Waals surface area contributed by atoms with E-state index in [1.54, 1.807) is 25.5 Å². The molecule has 1 aromatic heterocycles. The summed E-state index contributed by atoms with van der Waals surface area (Å²) in [6.07, 6.45) is 0. The van der Waals surface area contributed by atoms with Gasteiger partial charge in [0.15, 0.2) is 17.5 Å². The van der Waals surface area contributed by atoms with Crippen LogP contribution in [0.25, 0.3) is 0 Å². The predicted octanol–water partition coefficient (Wildman–Crippen LogP) is 3.33. The lowest BCUT2D eigenvalue weighted by atomic mass is 10.2.